The van der Waals surface area contributed by atoms with Crippen molar-refractivity contribution >= 4 is 5.97 Å². The minimum Gasteiger partial charge on any atom is -0.453 e. The summed E-state index contributed by atoms with van der Waals surface area (Å²) in [5, 5.41) is 9.34. The third-order valence-electron chi connectivity index (χ3n) is 3.02. The zero-order chi connectivity index (χ0) is 12.6. The molecule has 0 aliphatic carbocycles. The molecule has 0 spiro atoms. The Kier molecular flexibility index (Phi) is 3.03. The Morgan fingerprint density at radius 3 is 2.82 bits per heavy atom. The SMILES string of the molecule is C=C(C)C[C@@H]1OC(=O)c2c(C)ccc(CO)c21. The van der Waals surface area contributed by atoms with E-state index in [2.05, 4.69) is 6.58 Å². The number of aryl methyl sites for hydroxylation is 1. The van der Waals surface area contributed by atoms with Crippen molar-refractivity contribution in [2.24, 2.45) is 0 Å². The van der Waals surface area contributed by atoms with Gasteiger partial charge in [0.15, 0.2) is 0 Å². The monoisotopic (exact) mass is 232 g/mol. The summed E-state index contributed by atoms with van der Waals surface area (Å²) in [5.74, 6) is -0.293. The first-order valence-electron chi connectivity index (χ1n) is 5.63. The van der Waals surface area contributed by atoms with Crippen LogP contribution in [0.5, 0.6) is 0 Å². The van der Waals surface area contributed by atoms with Crippen molar-refractivity contribution in [2.45, 2.75) is 33.0 Å². The lowest BCUT2D eigenvalue weighted by molar-refractivity contribution is 0.0385. The molecule has 1 atom stereocenters. The second-order valence-corrected chi connectivity index (χ2v) is 4.54. The van der Waals surface area contributed by atoms with Crippen LogP contribution in [0.3, 0.4) is 0 Å². The van der Waals surface area contributed by atoms with Crippen LogP contribution in [0.2, 0.25) is 0 Å². The molecule has 1 aliphatic rings. The van der Waals surface area contributed by atoms with E-state index in [4.69, 9.17) is 4.74 Å². The summed E-state index contributed by atoms with van der Waals surface area (Å²) in [6, 6.07) is 3.69. The average molecular weight is 232 g/mol. The van der Waals surface area contributed by atoms with Crippen LogP contribution in [0.1, 0.15) is 46.5 Å². The number of cyclic esters (lactones) is 1. The average Bonchev–Trinajstić information content (AvgIpc) is 2.57. The number of ether oxygens (including phenoxy) is 1. The number of rotatable bonds is 3. The highest BCUT2D eigenvalue weighted by molar-refractivity contribution is 5.96. The zero-order valence-electron chi connectivity index (χ0n) is 10.1. The van der Waals surface area contributed by atoms with Crippen molar-refractivity contribution < 1.29 is 14.6 Å². The maximum absolute atomic E-state index is 11.8. The topological polar surface area (TPSA) is 46.5 Å². The van der Waals surface area contributed by atoms with Gasteiger partial charge in [0.05, 0.1) is 12.2 Å². The summed E-state index contributed by atoms with van der Waals surface area (Å²) in [6.45, 7) is 7.55. The predicted octanol–water partition coefficient (Wildman–Crippen LogP) is 2.67. The number of benzene rings is 1. The molecule has 0 amide bonds. The fourth-order valence-electron chi connectivity index (χ4n) is 2.26. The largest absolute Gasteiger partial charge is 0.453 e. The van der Waals surface area contributed by atoms with Gasteiger partial charge >= 0.3 is 5.97 Å². The third-order valence-corrected chi connectivity index (χ3v) is 3.02. The first-order chi connectivity index (χ1) is 8.04. The minimum absolute atomic E-state index is 0.0774. The number of esters is 1. The highest BCUT2D eigenvalue weighted by Crippen LogP contribution is 2.38. The van der Waals surface area contributed by atoms with Gasteiger partial charge in [0.2, 0.25) is 0 Å². The molecule has 0 fully saturated rings. The molecule has 3 nitrogen and oxygen atoms in total. The van der Waals surface area contributed by atoms with E-state index in [0.717, 1.165) is 22.3 Å². The molecule has 0 aromatic heterocycles. The maximum atomic E-state index is 11.8. The van der Waals surface area contributed by atoms with Crippen molar-refractivity contribution in [3.05, 3.63) is 46.5 Å². The maximum Gasteiger partial charge on any atom is 0.339 e. The van der Waals surface area contributed by atoms with Crippen molar-refractivity contribution in [3.63, 3.8) is 0 Å². The first kappa shape index (κ1) is 11.9. The molecule has 1 aromatic carbocycles. The van der Waals surface area contributed by atoms with Crippen LogP contribution in [0.15, 0.2) is 24.3 Å². The van der Waals surface area contributed by atoms with Gasteiger partial charge < -0.3 is 9.84 Å². The highest BCUT2D eigenvalue weighted by Gasteiger charge is 2.34. The van der Waals surface area contributed by atoms with Gasteiger partial charge in [-0.05, 0) is 25.0 Å². The van der Waals surface area contributed by atoms with Gasteiger partial charge in [-0.15, -0.1) is 0 Å². The van der Waals surface area contributed by atoms with Crippen LogP contribution < -0.4 is 0 Å². The Bertz CT molecular complexity index is 488. The molecule has 3 heteroatoms. The number of carbonyl (C=O) groups is 1. The lowest BCUT2D eigenvalue weighted by Gasteiger charge is -2.13. The summed E-state index contributed by atoms with van der Waals surface area (Å²) in [6.07, 6.45) is 0.312. The van der Waals surface area contributed by atoms with Gasteiger partial charge in [0, 0.05) is 12.0 Å². The van der Waals surface area contributed by atoms with Crippen LogP contribution in [-0.4, -0.2) is 11.1 Å². The predicted molar refractivity (Wildman–Crippen MR) is 64.7 cm³/mol. The Morgan fingerprint density at radius 2 is 2.24 bits per heavy atom. The number of aliphatic hydroxyl groups excluding tert-OH is 1. The number of fused-ring (bicyclic) bond motifs is 1. The van der Waals surface area contributed by atoms with Crippen molar-refractivity contribution in [1.29, 1.82) is 0 Å². The van der Waals surface area contributed by atoms with E-state index in [0.29, 0.717) is 12.0 Å². The van der Waals surface area contributed by atoms with Crippen LogP contribution in [-0.2, 0) is 11.3 Å². The van der Waals surface area contributed by atoms with Gasteiger partial charge in [-0.25, -0.2) is 4.79 Å². The Hall–Kier alpha value is -1.61. The molecule has 0 bridgehead atoms. The number of aliphatic hydroxyl groups is 1. The first-order valence-corrected chi connectivity index (χ1v) is 5.63. The van der Waals surface area contributed by atoms with E-state index in [-0.39, 0.29) is 18.7 Å². The van der Waals surface area contributed by atoms with Crippen LogP contribution >= 0.6 is 0 Å². The normalized spacial score (nSPS) is 17.8. The summed E-state index contributed by atoms with van der Waals surface area (Å²) in [7, 11) is 0. The Morgan fingerprint density at radius 1 is 1.53 bits per heavy atom. The van der Waals surface area contributed by atoms with E-state index in [1.807, 2.05) is 26.0 Å². The quantitative estimate of drug-likeness (QED) is 0.643. The van der Waals surface area contributed by atoms with Gasteiger partial charge in [-0.2, -0.15) is 0 Å². The zero-order valence-corrected chi connectivity index (χ0v) is 10.1. The lowest BCUT2D eigenvalue weighted by atomic mass is 9.93. The van der Waals surface area contributed by atoms with Gasteiger partial charge in [-0.3, -0.25) is 0 Å². The second-order valence-electron chi connectivity index (χ2n) is 4.54. The smallest absolute Gasteiger partial charge is 0.339 e. The summed E-state index contributed by atoms with van der Waals surface area (Å²) in [4.78, 5) is 11.8. The molecule has 0 unspecified atom stereocenters. The molecule has 0 saturated carbocycles. The standard InChI is InChI=1S/C14H16O3/c1-8(2)6-11-13-10(7-15)5-4-9(3)12(13)14(16)17-11/h4-5,11,15H,1,6-7H2,2-3H3/t11-/m0/s1. The molecule has 1 N–H and O–H groups in total. The van der Waals surface area contributed by atoms with E-state index in [9.17, 15) is 9.90 Å². The minimum atomic E-state index is -0.294. The molecule has 0 saturated heterocycles. The fourth-order valence-corrected chi connectivity index (χ4v) is 2.26. The summed E-state index contributed by atoms with van der Waals surface area (Å²) < 4.78 is 5.36. The van der Waals surface area contributed by atoms with Gasteiger partial charge in [0.1, 0.15) is 6.10 Å². The van der Waals surface area contributed by atoms with E-state index in [1.54, 1.807) is 0 Å². The van der Waals surface area contributed by atoms with Crippen LogP contribution in [0.4, 0.5) is 0 Å². The van der Waals surface area contributed by atoms with E-state index >= 15 is 0 Å². The summed E-state index contributed by atoms with van der Waals surface area (Å²) in [5.41, 5.74) is 4.07. The van der Waals surface area contributed by atoms with Gasteiger partial charge in [-0.1, -0.05) is 24.3 Å². The molecule has 1 aliphatic heterocycles. The van der Waals surface area contributed by atoms with E-state index in [1.165, 1.54) is 0 Å². The Balaban J connectivity index is 2.54. The number of carbonyl (C=O) groups excluding carboxylic acids is 1. The van der Waals surface area contributed by atoms with Crippen LogP contribution in [0.25, 0.3) is 0 Å². The summed E-state index contributed by atoms with van der Waals surface area (Å²) >= 11 is 0. The molecular formula is C14H16O3. The fraction of sp³-hybridized carbons (Fsp3) is 0.357. The van der Waals surface area contributed by atoms with Crippen LogP contribution in [0, 0.1) is 6.92 Å². The Labute approximate surface area is 101 Å². The molecule has 17 heavy (non-hydrogen) atoms. The molecule has 2 rings (SSSR count). The number of hydrogen-bond acceptors (Lipinski definition) is 3. The third kappa shape index (κ3) is 1.98. The lowest BCUT2D eigenvalue weighted by Crippen LogP contribution is -2.02. The molecule has 0 radical (unpaired) electrons. The van der Waals surface area contributed by atoms with Crippen molar-refractivity contribution in [2.75, 3.05) is 0 Å². The number of hydrogen-bond donors (Lipinski definition) is 1. The molecule has 1 aromatic rings. The van der Waals surface area contributed by atoms with Crippen molar-refractivity contribution in [1.82, 2.24) is 0 Å². The molecular weight excluding hydrogens is 216 g/mol. The van der Waals surface area contributed by atoms with Crippen molar-refractivity contribution in [3.8, 4) is 0 Å². The second kappa shape index (κ2) is 4.34. The van der Waals surface area contributed by atoms with E-state index < -0.39 is 0 Å². The molecule has 90 valence electrons. The highest BCUT2D eigenvalue weighted by atomic mass is 16.5. The van der Waals surface area contributed by atoms with Gasteiger partial charge in [0.25, 0.3) is 0 Å². The molecule has 1 heterocycles.